The average molecular weight is 451 g/mol. The summed E-state index contributed by atoms with van der Waals surface area (Å²) < 4.78 is 10.0. The Hall–Kier alpha value is -2.72. The molecule has 0 radical (unpaired) electrons. The van der Waals surface area contributed by atoms with Crippen LogP contribution in [0.25, 0.3) is 0 Å². The number of ether oxygens (including phenoxy) is 2. The number of anilines is 1. The number of thiophene rings is 2. The first-order valence-corrected chi connectivity index (χ1v) is 11.1. The highest BCUT2D eigenvalue weighted by Gasteiger charge is 2.28. The highest BCUT2D eigenvalue weighted by Crippen LogP contribution is 2.39. The predicted molar refractivity (Wildman–Crippen MR) is 113 cm³/mol. The van der Waals surface area contributed by atoms with E-state index < -0.39 is 24.5 Å². The molecule has 0 aliphatic heterocycles. The molecular weight excluding hydrogens is 428 g/mol. The Morgan fingerprint density at radius 1 is 1.10 bits per heavy atom. The second kappa shape index (κ2) is 9.86. The van der Waals surface area contributed by atoms with Crippen molar-refractivity contribution >= 4 is 51.4 Å². The Kier molecular flexibility index (Phi) is 7.22. The van der Waals surface area contributed by atoms with Gasteiger partial charge in [0.25, 0.3) is 11.8 Å². The summed E-state index contributed by atoms with van der Waals surface area (Å²) in [6.07, 6.45) is 2.60. The molecule has 0 unspecified atom stereocenters. The molecule has 160 valence electrons. The maximum atomic E-state index is 12.3. The van der Waals surface area contributed by atoms with Crippen molar-refractivity contribution in [1.29, 1.82) is 0 Å². The molecule has 3 rings (SSSR count). The lowest BCUT2D eigenvalue weighted by Crippen LogP contribution is -2.31. The monoisotopic (exact) mass is 450 g/mol. The van der Waals surface area contributed by atoms with Crippen molar-refractivity contribution in [2.45, 2.75) is 33.1 Å². The van der Waals surface area contributed by atoms with Crippen molar-refractivity contribution in [3.63, 3.8) is 0 Å². The van der Waals surface area contributed by atoms with Gasteiger partial charge in [0.1, 0.15) is 11.5 Å². The van der Waals surface area contributed by atoms with E-state index in [1.54, 1.807) is 13.0 Å². The maximum absolute atomic E-state index is 12.3. The van der Waals surface area contributed by atoms with Gasteiger partial charge in [-0.25, -0.2) is 4.79 Å². The minimum Gasteiger partial charge on any atom is -0.462 e. The topological polar surface area (TPSA) is 111 Å². The molecular formula is C20H22N2O6S2. The van der Waals surface area contributed by atoms with E-state index in [4.69, 9.17) is 9.47 Å². The molecule has 30 heavy (non-hydrogen) atoms. The molecule has 2 aromatic rings. The standard InChI is InChI=1S/C20H22N2O6S2/c1-3-27-20(26)17-12-5-4-6-13(12)30-19(17)22-15(23)10-28-16(24)9-21-18(25)14-8-7-11(2)29-14/h7-8H,3-6,9-10H2,1-2H3,(H,21,25)(H,22,23). The number of carbonyl (C=O) groups is 4. The first-order valence-electron chi connectivity index (χ1n) is 9.50. The Morgan fingerprint density at radius 2 is 1.90 bits per heavy atom. The number of amides is 2. The van der Waals surface area contributed by atoms with Crippen LogP contribution in [0.4, 0.5) is 5.00 Å². The van der Waals surface area contributed by atoms with Crippen molar-refractivity contribution in [3.8, 4) is 0 Å². The van der Waals surface area contributed by atoms with Crippen molar-refractivity contribution < 1.29 is 28.7 Å². The zero-order chi connectivity index (χ0) is 21.7. The number of esters is 2. The smallest absolute Gasteiger partial charge is 0.341 e. The predicted octanol–water partition coefficient (Wildman–Crippen LogP) is 2.70. The second-order valence-corrected chi connectivity index (χ2v) is 8.98. The van der Waals surface area contributed by atoms with Crippen LogP contribution in [0.3, 0.4) is 0 Å². The van der Waals surface area contributed by atoms with Crippen LogP contribution < -0.4 is 10.6 Å². The van der Waals surface area contributed by atoms with E-state index in [1.807, 2.05) is 13.0 Å². The Bertz CT molecular complexity index is 978. The van der Waals surface area contributed by atoms with Gasteiger partial charge in [-0.15, -0.1) is 22.7 Å². The fourth-order valence-corrected chi connectivity index (χ4v) is 5.14. The van der Waals surface area contributed by atoms with E-state index in [0.717, 1.165) is 34.6 Å². The number of rotatable bonds is 8. The van der Waals surface area contributed by atoms with Gasteiger partial charge < -0.3 is 20.1 Å². The molecule has 8 nitrogen and oxygen atoms in total. The van der Waals surface area contributed by atoms with Crippen LogP contribution in [-0.2, 0) is 31.9 Å². The lowest BCUT2D eigenvalue weighted by molar-refractivity contribution is -0.146. The van der Waals surface area contributed by atoms with Crippen molar-refractivity contribution in [1.82, 2.24) is 5.32 Å². The minimum atomic E-state index is -0.730. The van der Waals surface area contributed by atoms with Gasteiger partial charge in [-0.05, 0) is 50.8 Å². The maximum Gasteiger partial charge on any atom is 0.341 e. The van der Waals surface area contributed by atoms with Gasteiger partial charge >= 0.3 is 11.9 Å². The molecule has 2 N–H and O–H groups in total. The molecule has 0 atom stereocenters. The summed E-state index contributed by atoms with van der Waals surface area (Å²) >= 11 is 2.67. The summed E-state index contributed by atoms with van der Waals surface area (Å²) in [5, 5.41) is 5.52. The van der Waals surface area contributed by atoms with Gasteiger partial charge in [0.15, 0.2) is 6.61 Å². The molecule has 2 aromatic heterocycles. The van der Waals surface area contributed by atoms with E-state index in [9.17, 15) is 19.2 Å². The van der Waals surface area contributed by atoms with E-state index >= 15 is 0 Å². The van der Waals surface area contributed by atoms with E-state index in [0.29, 0.717) is 15.4 Å². The van der Waals surface area contributed by atoms with Gasteiger partial charge in [-0.1, -0.05) is 0 Å². The quantitative estimate of drug-likeness (QED) is 0.598. The van der Waals surface area contributed by atoms with Crippen LogP contribution in [0.2, 0.25) is 0 Å². The number of hydrogen-bond donors (Lipinski definition) is 2. The highest BCUT2D eigenvalue weighted by molar-refractivity contribution is 7.17. The molecule has 0 fully saturated rings. The molecule has 0 aromatic carbocycles. The summed E-state index contributed by atoms with van der Waals surface area (Å²) in [6, 6.07) is 3.49. The van der Waals surface area contributed by atoms with Gasteiger partial charge in [-0.3, -0.25) is 14.4 Å². The minimum absolute atomic E-state index is 0.241. The third-order valence-corrected chi connectivity index (χ3v) is 6.58. The molecule has 10 heteroatoms. The Balaban J connectivity index is 1.50. The summed E-state index contributed by atoms with van der Waals surface area (Å²) in [5.74, 6) is -2.13. The highest BCUT2D eigenvalue weighted by atomic mass is 32.1. The zero-order valence-corrected chi connectivity index (χ0v) is 18.3. The van der Waals surface area contributed by atoms with Crippen molar-refractivity contribution in [3.05, 3.63) is 37.9 Å². The molecule has 0 saturated heterocycles. The van der Waals surface area contributed by atoms with Crippen LogP contribution in [0.1, 0.15) is 48.7 Å². The van der Waals surface area contributed by atoms with E-state index in [1.165, 1.54) is 22.7 Å². The molecule has 1 aliphatic carbocycles. The van der Waals surface area contributed by atoms with Gasteiger partial charge in [0.05, 0.1) is 17.0 Å². The molecule has 1 aliphatic rings. The zero-order valence-electron chi connectivity index (χ0n) is 16.7. The van der Waals surface area contributed by atoms with Gasteiger partial charge in [0, 0.05) is 9.75 Å². The third-order valence-electron chi connectivity index (χ3n) is 4.38. The lowest BCUT2D eigenvalue weighted by atomic mass is 10.1. The number of nitrogens with one attached hydrogen (secondary N) is 2. The lowest BCUT2D eigenvalue weighted by Gasteiger charge is -2.09. The molecule has 0 spiro atoms. The summed E-state index contributed by atoms with van der Waals surface area (Å²) in [4.78, 5) is 50.8. The number of carbonyl (C=O) groups excluding carboxylic acids is 4. The first kappa shape index (κ1) is 22.0. The van der Waals surface area contributed by atoms with Crippen LogP contribution in [-0.4, -0.2) is 43.5 Å². The average Bonchev–Trinajstić information content (AvgIpc) is 3.40. The number of fused-ring (bicyclic) bond motifs is 1. The number of aryl methyl sites for hydroxylation is 2. The van der Waals surface area contributed by atoms with Crippen LogP contribution in [0.5, 0.6) is 0 Å². The SMILES string of the molecule is CCOC(=O)c1c(NC(=O)COC(=O)CNC(=O)c2ccc(C)s2)sc2c1CCC2. The molecule has 2 amide bonds. The summed E-state index contributed by atoms with van der Waals surface area (Å²) in [6.45, 7) is 2.98. The summed E-state index contributed by atoms with van der Waals surface area (Å²) in [7, 11) is 0. The van der Waals surface area contributed by atoms with Crippen LogP contribution >= 0.6 is 22.7 Å². The third kappa shape index (κ3) is 5.25. The second-order valence-electron chi connectivity index (χ2n) is 6.58. The fraction of sp³-hybridized carbons (Fsp3) is 0.400. The molecule has 0 saturated carbocycles. The molecule has 0 bridgehead atoms. The van der Waals surface area contributed by atoms with E-state index in [-0.39, 0.29) is 19.1 Å². The number of hydrogen-bond acceptors (Lipinski definition) is 8. The van der Waals surface area contributed by atoms with Crippen LogP contribution in [0.15, 0.2) is 12.1 Å². The molecule has 2 heterocycles. The van der Waals surface area contributed by atoms with Gasteiger partial charge in [-0.2, -0.15) is 0 Å². The van der Waals surface area contributed by atoms with Crippen molar-refractivity contribution in [2.24, 2.45) is 0 Å². The Labute approximate surface area is 181 Å². The largest absolute Gasteiger partial charge is 0.462 e. The first-order chi connectivity index (χ1) is 14.4. The summed E-state index contributed by atoms with van der Waals surface area (Å²) in [5.41, 5.74) is 1.32. The van der Waals surface area contributed by atoms with Gasteiger partial charge in [0.2, 0.25) is 0 Å². The Morgan fingerprint density at radius 3 is 2.60 bits per heavy atom. The van der Waals surface area contributed by atoms with Crippen molar-refractivity contribution in [2.75, 3.05) is 25.1 Å². The van der Waals surface area contributed by atoms with Crippen LogP contribution in [0, 0.1) is 6.92 Å². The van der Waals surface area contributed by atoms with E-state index in [2.05, 4.69) is 10.6 Å². The fourth-order valence-electron chi connectivity index (χ4n) is 3.07. The normalized spacial score (nSPS) is 12.2.